The second kappa shape index (κ2) is 6.07. The maximum Gasteiger partial charge on any atom is 0.240 e. The molecule has 1 atom stereocenters. The van der Waals surface area contributed by atoms with E-state index >= 15 is 0 Å². The number of hydrazine groups is 2. The van der Waals surface area contributed by atoms with Crippen molar-refractivity contribution in [3.05, 3.63) is 47.7 Å². The van der Waals surface area contributed by atoms with Gasteiger partial charge in [-0.15, -0.1) is 0 Å². The average molecular weight is 285 g/mol. The third-order valence-corrected chi connectivity index (χ3v) is 3.60. The van der Waals surface area contributed by atoms with Crippen molar-refractivity contribution < 1.29 is 4.79 Å². The third kappa shape index (κ3) is 3.29. The quantitative estimate of drug-likeness (QED) is 0.768. The number of hydrogen-bond acceptors (Lipinski definition) is 5. The van der Waals surface area contributed by atoms with Crippen LogP contribution in [0.5, 0.6) is 0 Å². The van der Waals surface area contributed by atoms with E-state index in [0.29, 0.717) is 6.42 Å². The van der Waals surface area contributed by atoms with Crippen molar-refractivity contribution in [1.82, 2.24) is 21.4 Å². The highest BCUT2D eigenvalue weighted by atomic mass is 16.2. The van der Waals surface area contributed by atoms with Crippen molar-refractivity contribution in [1.29, 1.82) is 0 Å². The molecule has 0 bridgehead atoms. The zero-order valence-electron chi connectivity index (χ0n) is 12.0. The van der Waals surface area contributed by atoms with Gasteiger partial charge >= 0.3 is 0 Å². The second-order valence-corrected chi connectivity index (χ2v) is 5.29. The molecule has 2 aliphatic rings. The Hall–Kier alpha value is -2.18. The Morgan fingerprint density at radius 2 is 2.19 bits per heavy atom. The molecule has 2 aliphatic heterocycles. The van der Waals surface area contributed by atoms with Crippen LogP contribution in [0.4, 0.5) is 0 Å². The SMILES string of the molecule is CC1CC(=O)NN=C1c1ccc(CNN2C=CCN2)cc1. The molecule has 0 aliphatic carbocycles. The number of hydrazone groups is 1. The first kappa shape index (κ1) is 13.8. The van der Waals surface area contributed by atoms with Crippen LogP contribution >= 0.6 is 0 Å². The molecule has 110 valence electrons. The molecule has 0 radical (unpaired) electrons. The summed E-state index contributed by atoms with van der Waals surface area (Å²) in [6, 6.07) is 8.26. The van der Waals surface area contributed by atoms with Crippen LogP contribution in [0.2, 0.25) is 0 Å². The van der Waals surface area contributed by atoms with Crippen LogP contribution in [0.3, 0.4) is 0 Å². The van der Waals surface area contributed by atoms with E-state index in [0.717, 1.165) is 24.4 Å². The van der Waals surface area contributed by atoms with Gasteiger partial charge < -0.3 is 0 Å². The largest absolute Gasteiger partial charge is 0.273 e. The lowest BCUT2D eigenvalue weighted by Gasteiger charge is -2.20. The molecule has 6 heteroatoms. The number of nitrogens with one attached hydrogen (secondary N) is 3. The van der Waals surface area contributed by atoms with Gasteiger partial charge in [0.2, 0.25) is 5.91 Å². The van der Waals surface area contributed by atoms with Crippen molar-refractivity contribution >= 4 is 11.6 Å². The van der Waals surface area contributed by atoms with Crippen LogP contribution in [0.15, 0.2) is 41.6 Å². The van der Waals surface area contributed by atoms with Crippen LogP contribution in [-0.4, -0.2) is 23.3 Å². The number of hydrogen-bond donors (Lipinski definition) is 3. The molecule has 0 saturated carbocycles. The highest BCUT2D eigenvalue weighted by molar-refractivity contribution is 6.05. The molecular formula is C15H19N5O. The fourth-order valence-corrected chi connectivity index (χ4v) is 2.44. The van der Waals surface area contributed by atoms with E-state index in [2.05, 4.69) is 45.6 Å². The first-order chi connectivity index (χ1) is 10.2. The minimum absolute atomic E-state index is 0.0155. The summed E-state index contributed by atoms with van der Waals surface area (Å²) in [5.41, 5.74) is 12.2. The lowest BCUT2D eigenvalue weighted by molar-refractivity contribution is -0.121. The summed E-state index contributed by atoms with van der Waals surface area (Å²) >= 11 is 0. The Labute approximate surface area is 123 Å². The Morgan fingerprint density at radius 1 is 1.38 bits per heavy atom. The minimum atomic E-state index is -0.0155. The summed E-state index contributed by atoms with van der Waals surface area (Å²) in [5.74, 6) is 0.139. The average Bonchev–Trinajstić information content (AvgIpc) is 2.99. The number of nitrogens with zero attached hydrogens (tertiary/aromatic N) is 2. The van der Waals surface area contributed by atoms with Crippen LogP contribution in [0.25, 0.3) is 0 Å². The Balaban J connectivity index is 1.63. The van der Waals surface area contributed by atoms with E-state index < -0.39 is 0 Å². The molecule has 0 spiro atoms. The van der Waals surface area contributed by atoms with Gasteiger partial charge in [0.1, 0.15) is 0 Å². The maximum atomic E-state index is 11.3. The van der Waals surface area contributed by atoms with Gasteiger partial charge in [-0.05, 0) is 17.2 Å². The lowest BCUT2D eigenvalue weighted by Crippen LogP contribution is -2.40. The zero-order chi connectivity index (χ0) is 14.7. The summed E-state index contributed by atoms with van der Waals surface area (Å²) in [7, 11) is 0. The Bertz CT molecular complexity index is 578. The molecule has 0 aromatic heterocycles. The van der Waals surface area contributed by atoms with Gasteiger partial charge in [-0.2, -0.15) is 5.10 Å². The molecule has 0 saturated heterocycles. The van der Waals surface area contributed by atoms with Gasteiger partial charge in [-0.25, -0.2) is 21.4 Å². The summed E-state index contributed by atoms with van der Waals surface area (Å²) in [5, 5.41) is 6.03. The van der Waals surface area contributed by atoms with E-state index in [9.17, 15) is 4.79 Å². The molecule has 2 heterocycles. The van der Waals surface area contributed by atoms with Crippen molar-refractivity contribution in [3.8, 4) is 0 Å². The Morgan fingerprint density at radius 3 is 2.86 bits per heavy atom. The van der Waals surface area contributed by atoms with Gasteiger partial charge in [-0.3, -0.25) is 4.79 Å². The summed E-state index contributed by atoms with van der Waals surface area (Å²) < 4.78 is 0. The first-order valence-corrected chi connectivity index (χ1v) is 7.11. The smallest absolute Gasteiger partial charge is 0.240 e. The number of benzene rings is 1. The molecule has 1 amide bonds. The lowest BCUT2D eigenvalue weighted by atomic mass is 9.93. The van der Waals surface area contributed by atoms with E-state index in [1.807, 2.05) is 24.3 Å². The van der Waals surface area contributed by atoms with Gasteiger partial charge in [0.05, 0.1) is 5.71 Å². The van der Waals surface area contributed by atoms with Crippen LogP contribution in [-0.2, 0) is 11.3 Å². The predicted molar refractivity (Wildman–Crippen MR) is 80.7 cm³/mol. The van der Waals surface area contributed by atoms with Gasteiger partial charge in [0.25, 0.3) is 0 Å². The molecule has 1 aromatic carbocycles. The van der Waals surface area contributed by atoms with E-state index in [-0.39, 0.29) is 11.8 Å². The standard InChI is InChI=1S/C15H19N5O/c1-11-9-14(21)18-19-15(11)13-5-3-12(4-6-13)10-17-20-8-2-7-16-20/h2-6,8,11,16-17H,7,9-10H2,1H3,(H,18,21). The monoisotopic (exact) mass is 285 g/mol. The molecule has 1 aromatic rings. The molecule has 3 N–H and O–H groups in total. The van der Waals surface area contributed by atoms with E-state index in [1.54, 1.807) is 0 Å². The van der Waals surface area contributed by atoms with Crippen molar-refractivity contribution in [2.45, 2.75) is 19.9 Å². The summed E-state index contributed by atoms with van der Waals surface area (Å²) in [4.78, 5) is 11.3. The Kier molecular flexibility index (Phi) is 3.98. The van der Waals surface area contributed by atoms with Crippen molar-refractivity contribution in [3.63, 3.8) is 0 Å². The second-order valence-electron chi connectivity index (χ2n) is 5.29. The molecule has 1 unspecified atom stereocenters. The number of rotatable bonds is 4. The van der Waals surface area contributed by atoms with E-state index in [1.165, 1.54) is 5.56 Å². The van der Waals surface area contributed by atoms with E-state index in [4.69, 9.17) is 0 Å². The topological polar surface area (TPSA) is 68.8 Å². The van der Waals surface area contributed by atoms with Crippen LogP contribution < -0.4 is 16.3 Å². The summed E-state index contributed by atoms with van der Waals surface area (Å²) in [6.45, 7) is 3.63. The van der Waals surface area contributed by atoms with Gasteiger partial charge in [0, 0.05) is 31.6 Å². The van der Waals surface area contributed by atoms with Gasteiger partial charge in [-0.1, -0.05) is 31.2 Å². The number of carbonyl (C=O) groups excluding carboxylic acids is 1. The summed E-state index contributed by atoms with van der Waals surface area (Å²) in [6.07, 6.45) is 4.51. The molecule has 6 nitrogen and oxygen atoms in total. The van der Waals surface area contributed by atoms with Gasteiger partial charge in [0.15, 0.2) is 0 Å². The van der Waals surface area contributed by atoms with Crippen molar-refractivity contribution in [2.24, 2.45) is 11.0 Å². The number of carbonyl (C=O) groups is 1. The highest BCUT2D eigenvalue weighted by Crippen LogP contribution is 2.17. The molecular weight excluding hydrogens is 266 g/mol. The first-order valence-electron chi connectivity index (χ1n) is 7.11. The van der Waals surface area contributed by atoms with Crippen molar-refractivity contribution in [2.75, 3.05) is 6.54 Å². The third-order valence-electron chi connectivity index (χ3n) is 3.60. The fraction of sp³-hybridized carbons (Fsp3) is 0.333. The van der Waals surface area contributed by atoms with Crippen LogP contribution in [0, 0.1) is 5.92 Å². The molecule has 3 rings (SSSR count). The fourth-order valence-electron chi connectivity index (χ4n) is 2.44. The highest BCUT2D eigenvalue weighted by Gasteiger charge is 2.21. The minimum Gasteiger partial charge on any atom is -0.273 e. The van der Waals surface area contributed by atoms with Crippen LogP contribution in [0.1, 0.15) is 24.5 Å². The zero-order valence-corrected chi connectivity index (χ0v) is 12.0. The normalized spacial score (nSPS) is 21.4. The predicted octanol–water partition coefficient (Wildman–Crippen LogP) is 0.885. The molecule has 0 fully saturated rings. The maximum absolute atomic E-state index is 11.3. The molecule has 21 heavy (non-hydrogen) atoms. The number of amides is 1.